The summed E-state index contributed by atoms with van der Waals surface area (Å²) in [4.78, 5) is 19.0. The Kier molecular flexibility index (Phi) is 5.94. The largest absolute Gasteiger partial charge is 0.344 e. The Morgan fingerprint density at radius 3 is 2.59 bits per heavy atom. The molecule has 1 N–H and O–H groups in total. The van der Waals surface area contributed by atoms with E-state index < -0.39 is 0 Å². The van der Waals surface area contributed by atoms with E-state index in [9.17, 15) is 4.79 Å². The Hall–Kier alpha value is -1.43. The van der Waals surface area contributed by atoms with E-state index in [1.54, 1.807) is 6.92 Å². The summed E-state index contributed by atoms with van der Waals surface area (Å²) < 4.78 is 5.17. The number of hydrogen-bond donors (Lipinski definition) is 1. The van der Waals surface area contributed by atoms with Crippen LogP contribution >= 0.6 is 0 Å². The fraction of sp³-hybridized carbons (Fsp3) is 0.812. The SMILES string of the molecule is CC[C@H](NC(=O)CC1CCN(C(C)C)CC1)c1nc(C)no1. The minimum absolute atomic E-state index is 0.0886. The lowest BCUT2D eigenvalue weighted by Crippen LogP contribution is -2.40. The predicted octanol–water partition coefficient (Wildman–Crippen LogP) is 2.46. The van der Waals surface area contributed by atoms with Gasteiger partial charge in [0.2, 0.25) is 11.8 Å². The smallest absolute Gasteiger partial charge is 0.249 e. The average molecular weight is 308 g/mol. The lowest BCUT2D eigenvalue weighted by Gasteiger charge is -2.34. The van der Waals surface area contributed by atoms with Crippen LogP contribution in [0.3, 0.4) is 0 Å². The van der Waals surface area contributed by atoms with Crippen molar-refractivity contribution in [3.8, 4) is 0 Å². The highest BCUT2D eigenvalue weighted by molar-refractivity contribution is 5.76. The van der Waals surface area contributed by atoms with Gasteiger partial charge in [-0.05, 0) is 59.0 Å². The molecule has 22 heavy (non-hydrogen) atoms. The maximum absolute atomic E-state index is 12.3. The first kappa shape index (κ1) is 16.9. The molecule has 1 aliphatic heterocycles. The van der Waals surface area contributed by atoms with Crippen molar-refractivity contribution in [1.82, 2.24) is 20.4 Å². The molecule has 1 aromatic heterocycles. The van der Waals surface area contributed by atoms with Gasteiger partial charge in [-0.2, -0.15) is 4.98 Å². The van der Waals surface area contributed by atoms with Crippen molar-refractivity contribution in [3.63, 3.8) is 0 Å². The number of rotatable bonds is 6. The summed E-state index contributed by atoms with van der Waals surface area (Å²) in [6.07, 6.45) is 3.54. The minimum atomic E-state index is -0.176. The first-order chi connectivity index (χ1) is 10.5. The van der Waals surface area contributed by atoms with Crippen LogP contribution < -0.4 is 5.32 Å². The Bertz CT molecular complexity index is 478. The van der Waals surface area contributed by atoms with Crippen LogP contribution in [-0.2, 0) is 4.79 Å². The highest BCUT2D eigenvalue weighted by Gasteiger charge is 2.24. The van der Waals surface area contributed by atoms with Crippen LogP contribution in [0.1, 0.15) is 64.2 Å². The molecule has 1 saturated heterocycles. The summed E-state index contributed by atoms with van der Waals surface area (Å²) in [7, 11) is 0. The second-order valence-electron chi connectivity index (χ2n) is 6.49. The Labute approximate surface area is 132 Å². The number of hydrogen-bond acceptors (Lipinski definition) is 5. The van der Waals surface area contributed by atoms with Crippen molar-refractivity contribution in [2.75, 3.05) is 13.1 Å². The van der Waals surface area contributed by atoms with Crippen LogP contribution in [0.4, 0.5) is 0 Å². The minimum Gasteiger partial charge on any atom is -0.344 e. The number of piperidine rings is 1. The van der Waals surface area contributed by atoms with E-state index in [0.717, 1.165) is 32.4 Å². The van der Waals surface area contributed by atoms with E-state index in [4.69, 9.17) is 4.52 Å². The fourth-order valence-corrected chi connectivity index (χ4v) is 2.98. The second kappa shape index (κ2) is 7.72. The molecule has 0 aliphatic carbocycles. The third-order valence-electron chi connectivity index (χ3n) is 4.44. The van der Waals surface area contributed by atoms with Crippen molar-refractivity contribution in [3.05, 3.63) is 11.7 Å². The molecule has 2 heterocycles. The van der Waals surface area contributed by atoms with Crippen LogP contribution in [0.15, 0.2) is 4.52 Å². The number of likely N-dealkylation sites (tertiary alicyclic amines) is 1. The molecule has 0 unspecified atom stereocenters. The van der Waals surface area contributed by atoms with Gasteiger partial charge in [-0.1, -0.05) is 12.1 Å². The number of aryl methyl sites for hydroxylation is 1. The first-order valence-electron chi connectivity index (χ1n) is 8.33. The number of carbonyl (C=O) groups is 1. The van der Waals surface area contributed by atoms with Crippen LogP contribution in [0.5, 0.6) is 0 Å². The highest BCUT2D eigenvalue weighted by Crippen LogP contribution is 2.22. The predicted molar refractivity (Wildman–Crippen MR) is 84.3 cm³/mol. The molecule has 0 bridgehead atoms. The van der Waals surface area contributed by atoms with Gasteiger partial charge in [0.25, 0.3) is 0 Å². The molecule has 1 atom stereocenters. The van der Waals surface area contributed by atoms with Crippen LogP contribution in [0, 0.1) is 12.8 Å². The zero-order chi connectivity index (χ0) is 16.1. The van der Waals surface area contributed by atoms with Crippen LogP contribution in [-0.4, -0.2) is 40.1 Å². The summed E-state index contributed by atoms with van der Waals surface area (Å²) in [6, 6.07) is 0.421. The standard InChI is InChI=1S/C16H28N4O2/c1-5-14(16-17-12(4)19-22-16)18-15(21)10-13-6-8-20(9-7-13)11(2)3/h11,13-14H,5-10H2,1-4H3,(H,18,21)/t14-/m0/s1. The summed E-state index contributed by atoms with van der Waals surface area (Å²) >= 11 is 0. The number of amides is 1. The monoisotopic (exact) mass is 308 g/mol. The van der Waals surface area contributed by atoms with Crippen molar-refractivity contribution < 1.29 is 9.32 Å². The summed E-state index contributed by atoms with van der Waals surface area (Å²) in [5, 5.41) is 6.82. The quantitative estimate of drug-likeness (QED) is 0.874. The van der Waals surface area contributed by atoms with E-state index in [2.05, 4.69) is 34.2 Å². The molecule has 6 heteroatoms. The topological polar surface area (TPSA) is 71.3 Å². The third-order valence-corrected chi connectivity index (χ3v) is 4.44. The second-order valence-corrected chi connectivity index (χ2v) is 6.49. The number of nitrogens with one attached hydrogen (secondary N) is 1. The lowest BCUT2D eigenvalue weighted by molar-refractivity contribution is -0.123. The Morgan fingerprint density at radius 1 is 1.41 bits per heavy atom. The van der Waals surface area contributed by atoms with Crippen LogP contribution in [0.2, 0.25) is 0 Å². The van der Waals surface area contributed by atoms with Crippen molar-refractivity contribution >= 4 is 5.91 Å². The zero-order valence-electron chi connectivity index (χ0n) is 14.1. The van der Waals surface area contributed by atoms with E-state index >= 15 is 0 Å². The van der Waals surface area contributed by atoms with Gasteiger partial charge in [0.05, 0.1) is 0 Å². The van der Waals surface area contributed by atoms with Gasteiger partial charge in [0.15, 0.2) is 5.82 Å². The van der Waals surface area contributed by atoms with E-state index in [0.29, 0.717) is 30.1 Å². The van der Waals surface area contributed by atoms with E-state index in [1.807, 2.05) is 6.92 Å². The number of carbonyl (C=O) groups excluding carboxylic acids is 1. The van der Waals surface area contributed by atoms with Gasteiger partial charge in [0.1, 0.15) is 6.04 Å². The molecule has 1 aliphatic rings. The van der Waals surface area contributed by atoms with E-state index in [-0.39, 0.29) is 11.9 Å². The molecule has 1 aromatic rings. The number of aromatic nitrogens is 2. The molecule has 124 valence electrons. The fourth-order valence-electron chi connectivity index (χ4n) is 2.98. The molecule has 0 radical (unpaired) electrons. The normalized spacial score (nSPS) is 18.6. The van der Waals surface area contributed by atoms with Crippen molar-refractivity contribution in [2.24, 2.45) is 5.92 Å². The molecule has 1 amide bonds. The summed E-state index contributed by atoms with van der Waals surface area (Å²) in [5.74, 6) is 1.68. The van der Waals surface area contributed by atoms with Crippen LogP contribution in [0.25, 0.3) is 0 Å². The maximum atomic E-state index is 12.3. The summed E-state index contributed by atoms with van der Waals surface area (Å²) in [6.45, 7) is 10.4. The zero-order valence-corrected chi connectivity index (χ0v) is 14.1. The third kappa shape index (κ3) is 4.53. The first-order valence-corrected chi connectivity index (χ1v) is 8.33. The Morgan fingerprint density at radius 2 is 2.09 bits per heavy atom. The van der Waals surface area contributed by atoms with Crippen molar-refractivity contribution in [2.45, 2.75) is 65.5 Å². The molecular weight excluding hydrogens is 280 g/mol. The highest BCUT2D eigenvalue weighted by atomic mass is 16.5. The van der Waals surface area contributed by atoms with Gasteiger partial charge in [-0.15, -0.1) is 0 Å². The van der Waals surface area contributed by atoms with Gasteiger partial charge >= 0.3 is 0 Å². The van der Waals surface area contributed by atoms with Gasteiger partial charge in [-0.25, -0.2) is 0 Å². The Balaban J connectivity index is 1.80. The van der Waals surface area contributed by atoms with E-state index in [1.165, 1.54) is 0 Å². The molecule has 2 rings (SSSR count). The molecule has 0 saturated carbocycles. The molecule has 1 fully saturated rings. The molecule has 0 spiro atoms. The average Bonchev–Trinajstić information content (AvgIpc) is 2.91. The summed E-state index contributed by atoms with van der Waals surface area (Å²) in [5.41, 5.74) is 0. The molecule has 0 aromatic carbocycles. The molecular formula is C16H28N4O2. The van der Waals surface area contributed by atoms with Gasteiger partial charge in [0, 0.05) is 12.5 Å². The maximum Gasteiger partial charge on any atom is 0.249 e. The van der Waals surface area contributed by atoms with Gasteiger partial charge in [-0.3, -0.25) is 4.79 Å². The number of nitrogens with zero attached hydrogens (tertiary/aromatic N) is 3. The van der Waals surface area contributed by atoms with Crippen molar-refractivity contribution in [1.29, 1.82) is 0 Å². The lowest BCUT2D eigenvalue weighted by atomic mass is 9.92. The van der Waals surface area contributed by atoms with Gasteiger partial charge < -0.3 is 14.7 Å². The molecule has 6 nitrogen and oxygen atoms in total.